The van der Waals surface area contributed by atoms with Crippen LogP contribution in [0.15, 0.2) is 42.5 Å². The molecule has 3 nitrogen and oxygen atoms in total. The van der Waals surface area contributed by atoms with E-state index in [9.17, 15) is 0 Å². The van der Waals surface area contributed by atoms with Crippen molar-refractivity contribution >= 4 is 0 Å². The van der Waals surface area contributed by atoms with Crippen molar-refractivity contribution in [2.75, 3.05) is 14.2 Å². The molecule has 0 bridgehead atoms. The van der Waals surface area contributed by atoms with Gasteiger partial charge in [0, 0.05) is 5.56 Å². The summed E-state index contributed by atoms with van der Waals surface area (Å²) in [6.45, 7) is 2.47. The summed E-state index contributed by atoms with van der Waals surface area (Å²) in [5.41, 5.74) is 2.06. The summed E-state index contributed by atoms with van der Waals surface area (Å²) in [5.74, 6) is 2.24. The highest BCUT2D eigenvalue weighted by molar-refractivity contribution is 5.53. The third-order valence-electron chi connectivity index (χ3n) is 2.98. The Morgan fingerprint density at radius 1 is 0.842 bits per heavy atom. The third-order valence-corrected chi connectivity index (χ3v) is 2.98. The predicted molar refractivity (Wildman–Crippen MR) is 75.1 cm³/mol. The summed E-state index contributed by atoms with van der Waals surface area (Å²) < 4.78 is 16.5. The lowest BCUT2D eigenvalue weighted by molar-refractivity contribution is 0.282. The van der Waals surface area contributed by atoms with Crippen LogP contribution < -0.4 is 14.2 Å². The van der Waals surface area contributed by atoms with Crippen LogP contribution in [-0.2, 0) is 6.61 Å². The zero-order valence-corrected chi connectivity index (χ0v) is 11.5. The fraction of sp³-hybridized carbons (Fsp3) is 0.250. The van der Waals surface area contributed by atoms with Gasteiger partial charge in [0.05, 0.1) is 14.2 Å². The number of rotatable bonds is 5. The van der Waals surface area contributed by atoms with Crippen LogP contribution in [0.4, 0.5) is 0 Å². The zero-order chi connectivity index (χ0) is 13.7. The maximum Gasteiger partial charge on any atom is 0.167 e. The van der Waals surface area contributed by atoms with Crippen LogP contribution in [-0.4, -0.2) is 14.2 Å². The van der Waals surface area contributed by atoms with E-state index < -0.39 is 0 Å². The van der Waals surface area contributed by atoms with E-state index in [-0.39, 0.29) is 0 Å². The van der Waals surface area contributed by atoms with E-state index >= 15 is 0 Å². The molecule has 0 radical (unpaired) electrons. The topological polar surface area (TPSA) is 27.7 Å². The van der Waals surface area contributed by atoms with Gasteiger partial charge in [0.2, 0.25) is 0 Å². The first kappa shape index (κ1) is 13.3. The molecule has 0 aliphatic heterocycles. The monoisotopic (exact) mass is 258 g/mol. The molecule has 100 valence electrons. The average molecular weight is 258 g/mol. The molecule has 3 heteroatoms. The predicted octanol–water partition coefficient (Wildman–Crippen LogP) is 3.59. The minimum atomic E-state index is 0.517. The van der Waals surface area contributed by atoms with Crippen molar-refractivity contribution in [2.45, 2.75) is 13.5 Å². The summed E-state index contributed by atoms with van der Waals surface area (Å²) in [6, 6.07) is 13.8. The minimum absolute atomic E-state index is 0.517. The smallest absolute Gasteiger partial charge is 0.167 e. The molecule has 0 amide bonds. The highest BCUT2D eigenvalue weighted by atomic mass is 16.5. The molecule has 0 saturated carbocycles. The Balaban J connectivity index is 2.19. The Labute approximate surface area is 113 Å². The normalized spacial score (nSPS) is 10.1. The van der Waals surface area contributed by atoms with Gasteiger partial charge < -0.3 is 14.2 Å². The van der Waals surface area contributed by atoms with Gasteiger partial charge in [0.25, 0.3) is 0 Å². The van der Waals surface area contributed by atoms with Crippen LogP contribution in [0.5, 0.6) is 17.2 Å². The molecule has 2 rings (SSSR count). The van der Waals surface area contributed by atoms with Gasteiger partial charge in [0.1, 0.15) is 12.4 Å². The van der Waals surface area contributed by atoms with Crippen molar-refractivity contribution in [3.05, 3.63) is 53.6 Å². The van der Waals surface area contributed by atoms with Crippen LogP contribution in [0.1, 0.15) is 11.1 Å². The van der Waals surface area contributed by atoms with E-state index in [2.05, 4.69) is 0 Å². The minimum Gasteiger partial charge on any atom is -0.496 e. The third kappa shape index (κ3) is 2.99. The first-order valence-corrected chi connectivity index (χ1v) is 6.14. The van der Waals surface area contributed by atoms with Gasteiger partial charge in [-0.15, -0.1) is 0 Å². The van der Waals surface area contributed by atoms with E-state index in [1.165, 1.54) is 0 Å². The summed E-state index contributed by atoms with van der Waals surface area (Å²) in [4.78, 5) is 0. The van der Waals surface area contributed by atoms with Gasteiger partial charge in [-0.05, 0) is 24.6 Å². The maximum absolute atomic E-state index is 5.81. The van der Waals surface area contributed by atoms with Gasteiger partial charge in [0.15, 0.2) is 11.5 Å². The van der Waals surface area contributed by atoms with Crippen molar-refractivity contribution in [1.82, 2.24) is 0 Å². The molecule has 0 aromatic heterocycles. The van der Waals surface area contributed by atoms with Crippen molar-refractivity contribution in [3.63, 3.8) is 0 Å². The molecule has 2 aromatic carbocycles. The fourth-order valence-electron chi connectivity index (χ4n) is 1.97. The molecule has 0 atom stereocenters. The molecule has 0 aliphatic rings. The van der Waals surface area contributed by atoms with Crippen molar-refractivity contribution in [2.24, 2.45) is 0 Å². The molecular weight excluding hydrogens is 240 g/mol. The Bertz CT molecular complexity index is 535. The quantitative estimate of drug-likeness (QED) is 0.820. The number of hydrogen-bond donors (Lipinski definition) is 0. The molecular formula is C16H18O3. The van der Waals surface area contributed by atoms with Crippen LogP contribution in [0, 0.1) is 6.92 Å². The van der Waals surface area contributed by atoms with Crippen LogP contribution in [0.2, 0.25) is 0 Å². The highest BCUT2D eigenvalue weighted by Gasteiger charge is 2.12. The molecule has 0 spiro atoms. The van der Waals surface area contributed by atoms with Gasteiger partial charge in [-0.1, -0.05) is 30.3 Å². The van der Waals surface area contributed by atoms with Crippen molar-refractivity contribution in [1.29, 1.82) is 0 Å². The maximum atomic E-state index is 5.81. The van der Waals surface area contributed by atoms with E-state index in [4.69, 9.17) is 14.2 Å². The van der Waals surface area contributed by atoms with Gasteiger partial charge in [-0.3, -0.25) is 0 Å². The van der Waals surface area contributed by atoms with Crippen molar-refractivity contribution in [3.8, 4) is 17.2 Å². The zero-order valence-electron chi connectivity index (χ0n) is 11.5. The first-order chi connectivity index (χ1) is 9.26. The van der Waals surface area contributed by atoms with E-state index in [0.717, 1.165) is 28.4 Å². The number of hydrogen-bond acceptors (Lipinski definition) is 3. The second-order valence-corrected chi connectivity index (χ2v) is 4.20. The molecule has 2 aromatic rings. The number of methoxy groups -OCH3 is 2. The van der Waals surface area contributed by atoms with E-state index in [1.54, 1.807) is 14.2 Å². The standard InChI is InChI=1S/C16H18O3/c1-12-14(17-2)9-10-15(16(12)18-3)19-11-13-7-5-4-6-8-13/h4-10H,11H2,1-3H3. The molecule has 19 heavy (non-hydrogen) atoms. The highest BCUT2D eigenvalue weighted by Crippen LogP contribution is 2.36. The van der Waals surface area contributed by atoms with Gasteiger partial charge in [-0.25, -0.2) is 0 Å². The average Bonchev–Trinajstić information content (AvgIpc) is 2.46. The van der Waals surface area contributed by atoms with Crippen molar-refractivity contribution < 1.29 is 14.2 Å². The summed E-state index contributed by atoms with van der Waals surface area (Å²) in [5, 5.41) is 0. The van der Waals surface area contributed by atoms with Gasteiger partial charge in [-0.2, -0.15) is 0 Å². The first-order valence-electron chi connectivity index (χ1n) is 6.14. The Morgan fingerprint density at radius 3 is 2.16 bits per heavy atom. The lowest BCUT2D eigenvalue weighted by atomic mass is 10.2. The molecule has 0 N–H and O–H groups in total. The number of ether oxygens (including phenoxy) is 3. The molecule has 0 aliphatic carbocycles. The molecule has 0 fully saturated rings. The SMILES string of the molecule is COc1ccc(OCc2ccccc2)c(OC)c1C. The van der Waals surface area contributed by atoms with E-state index in [1.807, 2.05) is 49.4 Å². The summed E-state index contributed by atoms with van der Waals surface area (Å²) >= 11 is 0. The summed E-state index contributed by atoms with van der Waals surface area (Å²) in [7, 11) is 3.28. The Kier molecular flexibility index (Phi) is 4.29. The lowest BCUT2D eigenvalue weighted by Gasteiger charge is -2.15. The van der Waals surface area contributed by atoms with Gasteiger partial charge >= 0.3 is 0 Å². The lowest BCUT2D eigenvalue weighted by Crippen LogP contribution is -2.00. The van der Waals surface area contributed by atoms with Crippen LogP contribution >= 0.6 is 0 Å². The second kappa shape index (κ2) is 6.14. The second-order valence-electron chi connectivity index (χ2n) is 4.20. The molecule has 0 heterocycles. The largest absolute Gasteiger partial charge is 0.496 e. The van der Waals surface area contributed by atoms with E-state index in [0.29, 0.717) is 6.61 Å². The molecule has 0 saturated heterocycles. The summed E-state index contributed by atoms with van der Waals surface area (Å²) in [6.07, 6.45) is 0. The Morgan fingerprint density at radius 2 is 1.53 bits per heavy atom. The van der Waals surface area contributed by atoms with Crippen LogP contribution in [0.3, 0.4) is 0 Å². The Hall–Kier alpha value is -2.16. The van der Waals surface area contributed by atoms with Crippen LogP contribution in [0.25, 0.3) is 0 Å². The fourth-order valence-corrected chi connectivity index (χ4v) is 1.97. The number of benzene rings is 2. The molecule has 0 unspecified atom stereocenters.